The van der Waals surface area contributed by atoms with Crippen molar-refractivity contribution in [3.05, 3.63) is 0 Å². The van der Waals surface area contributed by atoms with E-state index < -0.39 is 34.0 Å². The number of hydrogen-bond acceptors (Lipinski definition) is 4. The van der Waals surface area contributed by atoms with Gasteiger partial charge in [0.2, 0.25) is 6.04 Å². The normalized spacial score (nSPS) is 30.1. The van der Waals surface area contributed by atoms with Crippen LogP contribution in [0.4, 0.5) is 4.79 Å². The Morgan fingerprint density at radius 3 is 2.24 bits per heavy atom. The smallest absolute Gasteiger partial charge is 0.363 e. The number of nitrogens with zero attached hydrogens (tertiary/aromatic N) is 1. The van der Waals surface area contributed by atoms with Crippen LogP contribution >= 0.6 is 0 Å². The van der Waals surface area contributed by atoms with Gasteiger partial charge < -0.3 is 15.0 Å². The van der Waals surface area contributed by atoms with Crippen LogP contribution in [0.15, 0.2) is 0 Å². The minimum Gasteiger partial charge on any atom is -0.498 e. The Hall–Kier alpha value is -1.43. The summed E-state index contributed by atoms with van der Waals surface area (Å²) in [6.45, 7) is 4.63. The van der Waals surface area contributed by atoms with Gasteiger partial charge in [0.25, 0.3) is 6.09 Å². The van der Waals surface area contributed by atoms with E-state index in [1.165, 1.54) is 0 Å². The zero-order valence-corrected chi connectivity index (χ0v) is 10.2. The molecule has 0 saturated carbocycles. The second-order valence-electron chi connectivity index (χ2n) is 5.30. The molecule has 96 valence electrons. The SMILES string of the molecule is CC(C)(C)[N@@+]1(C(=O)[O-])C(=O)CCCC1C(=O)O. The van der Waals surface area contributed by atoms with E-state index in [2.05, 4.69) is 0 Å². The molecule has 0 spiro atoms. The average molecular weight is 243 g/mol. The van der Waals surface area contributed by atoms with E-state index in [1.807, 2.05) is 0 Å². The van der Waals surface area contributed by atoms with Crippen LogP contribution in [-0.4, -0.2) is 39.1 Å². The third kappa shape index (κ3) is 1.82. The van der Waals surface area contributed by atoms with Crippen LogP contribution in [0, 0.1) is 0 Å². The zero-order chi connectivity index (χ0) is 13.4. The third-order valence-electron chi connectivity index (χ3n) is 3.36. The van der Waals surface area contributed by atoms with Crippen molar-refractivity contribution in [3.8, 4) is 0 Å². The predicted molar refractivity (Wildman–Crippen MR) is 55.7 cm³/mol. The van der Waals surface area contributed by atoms with Gasteiger partial charge in [0.1, 0.15) is 5.54 Å². The average Bonchev–Trinajstić information content (AvgIpc) is 2.14. The van der Waals surface area contributed by atoms with Gasteiger partial charge in [-0.2, -0.15) is 4.48 Å². The Balaban J connectivity index is 3.45. The molecule has 1 aliphatic rings. The number of quaternary nitrogens is 1. The monoisotopic (exact) mass is 243 g/mol. The molecule has 2 atom stereocenters. The van der Waals surface area contributed by atoms with Crippen molar-refractivity contribution in [2.45, 2.75) is 51.6 Å². The van der Waals surface area contributed by atoms with Gasteiger partial charge in [-0.15, -0.1) is 0 Å². The number of aliphatic carboxylic acids is 1. The van der Waals surface area contributed by atoms with Crippen molar-refractivity contribution < 1.29 is 29.1 Å². The number of hydrogen-bond donors (Lipinski definition) is 1. The van der Waals surface area contributed by atoms with Crippen molar-refractivity contribution >= 4 is 18.0 Å². The largest absolute Gasteiger partial charge is 0.498 e. The summed E-state index contributed by atoms with van der Waals surface area (Å²) in [6, 6.07) is -1.26. The Labute approximate surface area is 99.4 Å². The zero-order valence-electron chi connectivity index (χ0n) is 10.2. The molecule has 1 saturated heterocycles. The number of piperidine rings is 1. The lowest BCUT2D eigenvalue weighted by atomic mass is 9.89. The van der Waals surface area contributed by atoms with Crippen LogP contribution in [0.25, 0.3) is 0 Å². The topological polar surface area (TPSA) is 94.5 Å². The van der Waals surface area contributed by atoms with Crippen LogP contribution in [0.3, 0.4) is 0 Å². The third-order valence-corrected chi connectivity index (χ3v) is 3.36. The Morgan fingerprint density at radius 1 is 1.41 bits per heavy atom. The van der Waals surface area contributed by atoms with Gasteiger partial charge in [0.05, 0.1) is 6.42 Å². The first-order chi connectivity index (χ1) is 7.65. The summed E-state index contributed by atoms with van der Waals surface area (Å²) < 4.78 is -1.12. The van der Waals surface area contributed by atoms with Crippen molar-refractivity contribution in [2.24, 2.45) is 0 Å². The number of rotatable bonds is 1. The number of amides is 2. The molecule has 1 N–H and O–H groups in total. The summed E-state index contributed by atoms with van der Waals surface area (Å²) in [5.41, 5.74) is -1.04. The summed E-state index contributed by atoms with van der Waals surface area (Å²) in [5, 5.41) is 20.6. The number of carbonyl (C=O) groups excluding carboxylic acids is 2. The van der Waals surface area contributed by atoms with Crippen molar-refractivity contribution in [1.29, 1.82) is 0 Å². The molecule has 6 nitrogen and oxygen atoms in total. The highest BCUT2D eigenvalue weighted by Gasteiger charge is 2.59. The standard InChI is InChI=1S/C11H17NO5/c1-11(2,3)12(10(16)17)7(9(14)15)5-4-6-8(12)13/h7H,4-6H2,1-3H3,(H-,14,15,16,17)/t7?,12-/m1/s1. The first-order valence-electron chi connectivity index (χ1n) is 5.52. The van der Waals surface area contributed by atoms with Crippen LogP contribution in [0.1, 0.15) is 40.0 Å². The van der Waals surface area contributed by atoms with Crippen LogP contribution < -0.4 is 5.11 Å². The molecule has 1 rings (SSSR count). The molecule has 0 aliphatic carbocycles. The molecular formula is C11H17NO5. The summed E-state index contributed by atoms with van der Waals surface area (Å²) in [7, 11) is 0. The molecular weight excluding hydrogens is 226 g/mol. The lowest BCUT2D eigenvalue weighted by Gasteiger charge is -2.50. The van der Waals surface area contributed by atoms with Crippen molar-refractivity contribution in [3.63, 3.8) is 0 Å². The number of carboxylic acids is 1. The van der Waals surface area contributed by atoms with E-state index in [0.717, 1.165) is 0 Å². The highest BCUT2D eigenvalue weighted by molar-refractivity contribution is 5.86. The van der Waals surface area contributed by atoms with E-state index in [9.17, 15) is 19.5 Å². The number of imide groups is 1. The Bertz CT molecular complexity index is 371. The maximum atomic E-state index is 12.0. The molecule has 0 radical (unpaired) electrons. The maximum absolute atomic E-state index is 12.0. The minimum absolute atomic E-state index is 0.0784. The molecule has 1 fully saturated rings. The maximum Gasteiger partial charge on any atom is 0.363 e. The molecule has 0 aromatic rings. The summed E-state index contributed by atoms with van der Waals surface area (Å²) in [6.07, 6.45) is -0.977. The number of carboxylic acid groups (broad SMARTS) is 2. The second-order valence-corrected chi connectivity index (χ2v) is 5.30. The predicted octanol–water partition coefficient (Wildman–Crippen LogP) is 0.109. The first-order valence-corrected chi connectivity index (χ1v) is 5.52. The molecule has 0 aromatic carbocycles. The fourth-order valence-electron chi connectivity index (χ4n) is 2.62. The van der Waals surface area contributed by atoms with Gasteiger partial charge >= 0.3 is 11.9 Å². The molecule has 0 aromatic heterocycles. The van der Waals surface area contributed by atoms with Crippen LogP contribution in [-0.2, 0) is 9.59 Å². The molecule has 1 unspecified atom stereocenters. The Morgan fingerprint density at radius 2 is 1.94 bits per heavy atom. The molecule has 1 heterocycles. The number of carbonyl (C=O) groups is 3. The summed E-state index contributed by atoms with van der Waals surface area (Å²) in [5.74, 6) is -1.85. The van der Waals surface area contributed by atoms with Crippen molar-refractivity contribution in [1.82, 2.24) is 0 Å². The molecule has 2 amide bonds. The minimum atomic E-state index is -1.63. The fraction of sp³-hybridized carbons (Fsp3) is 0.727. The van der Waals surface area contributed by atoms with E-state index in [0.29, 0.717) is 6.42 Å². The van der Waals surface area contributed by atoms with Crippen molar-refractivity contribution in [2.75, 3.05) is 0 Å². The fourth-order valence-corrected chi connectivity index (χ4v) is 2.62. The Kier molecular flexibility index (Phi) is 3.29. The summed E-state index contributed by atoms with van der Waals surface area (Å²) in [4.78, 5) is 34.6. The summed E-state index contributed by atoms with van der Waals surface area (Å²) >= 11 is 0. The molecule has 1 aliphatic heterocycles. The van der Waals surface area contributed by atoms with E-state index in [-0.39, 0.29) is 12.8 Å². The van der Waals surface area contributed by atoms with Crippen LogP contribution in [0.5, 0.6) is 0 Å². The molecule has 0 bridgehead atoms. The first kappa shape index (κ1) is 13.6. The van der Waals surface area contributed by atoms with Gasteiger partial charge in [-0.25, -0.2) is 9.59 Å². The molecule has 17 heavy (non-hydrogen) atoms. The quantitative estimate of drug-likeness (QED) is 0.659. The van der Waals surface area contributed by atoms with Gasteiger partial charge in [-0.05, 0) is 27.2 Å². The second kappa shape index (κ2) is 4.10. The lowest BCUT2D eigenvalue weighted by Crippen LogP contribution is -2.77. The number of likely N-dealkylation sites (tertiary alicyclic amines) is 1. The van der Waals surface area contributed by atoms with Crippen LogP contribution in [0.2, 0.25) is 0 Å². The van der Waals surface area contributed by atoms with E-state index >= 15 is 0 Å². The van der Waals surface area contributed by atoms with Gasteiger partial charge in [-0.3, -0.25) is 0 Å². The van der Waals surface area contributed by atoms with Gasteiger partial charge in [0.15, 0.2) is 0 Å². The highest BCUT2D eigenvalue weighted by Crippen LogP contribution is 2.36. The van der Waals surface area contributed by atoms with Gasteiger partial charge in [0, 0.05) is 6.42 Å². The lowest BCUT2D eigenvalue weighted by molar-refractivity contribution is -0.869. The highest BCUT2D eigenvalue weighted by atomic mass is 16.4. The van der Waals surface area contributed by atoms with E-state index in [4.69, 9.17) is 5.11 Å². The van der Waals surface area contributed by atoms with Gasteiger partial charge in [-0.1, -0.05) is 0 Å². The molecule has 6 heteroatoms. The van der Waals surface area contributed by atoms with E-state index in [1.54, 1.807) is 20.8 Å².